The average Bonchev–Trinajstić information content (AvgIpc) is 2.79. The van der Waals surface area contributed by atoms with Gasteiger partial charge in [0.15, 0.2) is 0 Å². The smallest absolute Gasteiger partial charge is 0.337 e. The summed E-state index contributed by atoms with van der Waals surface area (Å²) >= 11 is 5.91. The van der Waals surface area contributed by atoms with Crippen LogP contribution < -0.4 is 5.32 Å². The van der Waals surface area contributed by atoms with E-state index in [9.17, 15) is 9.59 Å². The minimum atomic E-state index is -1.09. The SMILES string of the molecule is CCC1CCC(C)N1C(=O)Nc1ccc(C(=O)O)c(Cl)c1. The Kier molecular flexibility index (Phi) is 4.73. The molecule has 6 heteroatoms. The van der Waals surface area contributed by atoms with E-state index < -0.39 is 5.97 Å². The van der Waals surface area contributed by atoms with E-state index in [2.05, 4.69) is 12.2 Å². The summed E-state index contributed by atoms with van der Waals surface area (Å²) in [6.07, 6.45) is 2.95. The van der Waals surface area contributed by atoms with Gasteiger partial charge in [-0.15, -0.1) is 0 Å². The summed E-state index contributed by atoms with van der Waals surface area (Å²) in [6, 6.07) is 4.72. The number of halogens is 1. The lowest BCUT2D eigenvalue weighted by atomic mass is 10.2. The molecule has 0 bridgehead atoms. The number of carbonyl (C=O) groups excluding carboxylic acids is 1. The van der Waals surface area contributed by atoms with Crippen molar-refractivity contribution in [2.45, 2.75) is 45.2 Å². The molecule has 2 amide bonds. The number of carboxylic acid groups (broad SMARTS) is 1. The summed E-state index contributed by atoms with van der Waals surface area (Å²) in [7, 11) is 0. The highest BCUT2D eigenvalue weighted by atomic mass is 35.5. The molecule has 1 aliphatic heterocycles. The van der Waals surface area contributed by atoms with Crippen molar-refractivity contribution >= 4 is 29.3 Å². The first-order valence-electron chi connectivity index (χ1n) is 7.06. The monoisotopic (exact) mass is 310 g/mol. The van der Waals surface area contributed by atoms with Crippen LogP contribution in [0, 0.1) is 0 Å². The van der Waals surface area contributed by atoms with E-state index in [0.29, 0.717) is 5.69 Å². The van der Waals surface area contributed by atoms with Crippen LogP contribution in [0.1, 0.15) is 43.5 Å². The van der Waals surface area contributed by atoms with Gasteiger partial charge in [0.2, 0.25) is 0 Å². The van der Waals surface area contributed by atoms with E-state index in [0.717, 1.165) is 19.3 Å². The fourth-order valence-corrected chi connectivity index (χ4v) is 3.05. The number of urea groups is 1. The summed E-state index contributed by atoms with van der Waals surface area (Å²) in [5, 5.41) is 11.8. The molecule has 2 atom stereocenters. The first-order valence-corrected chi connectivity index (χ1v) is 7.44. The Bertz CT molecular complexity index is 562. The Morgan fingerprint density at radius 2 is 2.14 bits per heavy atom. The van der Waals surface area contributed by atoms with Gasteiger partial charge in [-0.05, 0) is 44.4 Å². The summed E-state index contributed by atoms with van der Waals surface area (Å²) in [4.78, 5) is 25.1. The number of rotatable bonds is 3. The zero-order chi connectivity index (χ0) is 15.6. The molecule has 0 aromatic heterocycles. The van der Waals surface area contributed by atoms with Crippen LogP contribution in [0.5, 0.6) is 0 Å². The Morgan fingerprint density at radius 1 is 1.43 bits per heavy atom. The molecule has 5 nitrogen and oxygen atoms in total. The largest absolute Gasteiger partial charge is 0.478 e. The maximum atomic E-state index is 12.4. The lowest BCUT2D eigenvalue weighted by Gasteiger charge is -2.28. The number of hydrogen-bond donors (Lipinski definition) is 2. The summed E-state index contributed by atoms with van der Waals surface area (Å²) in [5.74, 6) is -1.09. The van der Waals surface area contributed by atoms with Gasteiger partial charge >= 0.3 is 12.0 Å². The van der Waals surface area contributed by atoms with E-state index >= 15 is 0 Å². The Labute approximate surface area is 128 Å². The lowest BCUT2D eigenvalue weighted by Crippen LogP contribution is -2.42. The predicted octanol–water partition coefficient (Wildman–Crippen LogP) is 3.83. The first kappa shape index (κ1) is 15.6. The van der Waals surface area contributed by atoms with Crippen molar-refractivity contribution in [3.05, 3.63) is 28.8 Å². The second-order valence-electron chi connectivity index (χ2n) is 5.33. The fourth-order valence-electron chi connectivity index (χ4n) is 2.79. The Morgan fingerprint density at radius 3 is 2.71 bits per heavy atom. The molecule has 0 radical (unpaired) electrons. The van der Waals surface area contributed by atoms with Gasteiger partial charge in [0.1, 0.15) is 0 Å². The van der Waals surface area contributed by atoms with Crippen molar-refractivity contribution < 1.29 is 14.7 Å². The number of likely N-dealkylation sites (tertiary alicyclic amines) is 1. The zero-order valence-electron chi connectivity index (χ0n) is 12.1. The molecule has 1 aliphatic rings. The zero-order valence-corrected chi connectivity index (χ0v) is 12.9. The van der Waals surface area contributed by atoms with E-state index in [1.54, 1.807) is 6.07 Å². The van der Waals surface area contributed by atoms with Gasteiger partial charge < -0.3 is 15.3 Å². The van der Waals surface area contributed by atoms with Gasteiger partial charge in [-0.2, -0.15) is 0 Å². The number of carboxylic acids is 1. The number of anilines is 1. The van der Waals surface area contributed by atoms with Gasteiger partial charge in [-0.3, -0.25) is 0 Å². The molecule has 1 fully saturated rings. The van der Waals surface area contributed by atoms with Crippen LogP contribution in [0.15, 0.2) is 18.2 Å². The topological polar surface area (TPSA) is 69.6 Å². The van der Waals surface area contributed by atoms with Crippen LogP contribution in [-0.4, -0.2) is 34.1 Å². The van der Waals surface area contributed by atoms with Crippen LogP contribution >= 0.6 is 11.6 Å². The standard InChI is InChI=1S/C15H19ClN2O3/c1-3-11-6-4-9(2)18(11)15(21)17-10-5-7-12(14(19)20)13(16)8-10/h5,7-9,11H,3-4,6H2,1-2H3,(H,17,21)(H,19,20). The molecule has 1 saturated heterocycles. The van der Waals surface area contributed by atoms with Gasteiger partial charge in [0.25, 0.3) is 0 Å². The highest BCUT2D eigenvalue weighted by Crippen LogP contribution is 2.27. The van der Waals surface area contributed by atoms with Crippen molar-refractivity contribution in [2.24, 2.45) is 0 Å². The van der Waals surface area contributed by atoms with E-state index in [1.807, 2.05) is 11.8 Å². The minimum Gasteiger partial charge on any atom is -0.478 e. The maximum Gasteiger partial charge on any atom is 0.337 e. The van der Waals surface area contributed by atoms with Gasteiger partial charge in [0, 0.05) is 17.8 Å². The molecule has 114 valence electrons. The second-order valence-corrected chi connectivity index (χ2v) is 5.73. The summed E-state index contributed by atoms with van der Waals surface area (Å²) in [5.41, 5.74) is 0.527. The van der Waals surface area contributed by atoms with Crippen LogP contribution in [-0.2, 0) is 0 Å². The minimum absolute atomic E-state index is 0.0237. The summed E-state index contributed by atoms with van der Waals surface area (Å²) < 4.78 is 0. The van der Waals surface area contributed by atoms with Crippen LogP contribution in [0.4, 0.5) is 10.5 Å². The predicted molar refractivity (Wildman–Crippen MR) is 82.0 cm³/mol. The normalized spacial score (nSPS) is 21.4. The number of amides is 2. The third kappa shape index (κ3) is 3.29. The molecular weight excluding hydrogens is 292 g/mol. The highest BCUT2D eigenvalue weighted by molar-refractivity contribution is 6.33. The van der Waals surface area contributed by atoms with Gasteiger partial charge in [0.05, 0.1) is 10.6 Å². The van der Waals surface area contributed by atoms with Crippen LogP contribution in [0.25, 0.3) is 0 Å². The molecular formula is C15H19ClN2O3. The number of aromatic carboxylic acids is 1. The van der Waals surface area contributed by atoms with Crippen molar-refractivity contribution in [3.63, 3.8) is 0 Å². The molecule has 1 aromatic rings. The third-order valence-electron chi connectivity index (χ3n) is 3.94. The lowest BCUT2D eigenvalue weighted by molar-refractivity contribution is 0.0697. The molecule has 2 N–H and O–H groups in total. The van der Waals surface area contributed by atoms with E-state index in [-0.39, 0.29) is 28.7 Å². The molecule has 0 spiro atoms. The quantitative estimate of drug-likeness (QED) is 0.891. The number of benzene rings is 1. The van der Waals surface area contributed by atoms with Gasteiger partial charge in [-0.25, -0.2) is 9.59 Å². The van der Waals surface area contributed by atoms with Crippen LogP contribution in [0.2, 0.25) is 5.02 Å². The highest BCUT2D eigenvalue weighted by Gasteiger charge is 2.33. The van der Waals surface area contributed by atoms with Crippen molar-refractivity contribution in [2.75, 3.05) is 5.32 Å². The molecule has 21 heavy (non-hydrogen) atoms. The Balaban J connectivity index is 2.12. The number of hydrogen-bond acceptors (Lipinski definition) is 2. The number of nitrogens with one attached hydrogen (secondary N) is 1. The van der Waals surface area contributed by atoms with Crippen molar-refractivity contribution in [1.82, 2.24) is 4.90 Å². The Hall–Kier alpha value is -1.75. The van der Waals surface area contributed by atoms with Crippen molar-refractivity contribution in [3.8, 4) is 0 Å². The fraction of sp³-hybridized carbons (Fsp3) is 0.467. The van der Waals surface area contributed by atoms with Crippen molar-refractivity contribution in [1.29, 1.82) is 0 Å². The van der Waals surface area contributed by atoms with E-state index in [1.165, 1.54) is 12.1 Å². The van der Waals surface area contributed by atoms with Crippen LogP contribution in [0.3, 0.4) is 0 Å². The molecule has 2 rings (SSSR count). The summed E-state index contributed by atoms with van der Waals surface area (Å²) in [6.45, 7) is 4.11. The van der Waals surface area contributed by atoms with E-state index in [4.69, 9.17) is 16.7 Å². The molecule has 1 aromatic carbocycles. The van der Waals surface area contributed by atoms with Gasteiger partial charge in [-0.1, -0.05) is 18.5 Å². The number of carbonyl (C=O) groups is 2. The molecule has 0 saturated carbocycles. The molecule has 2 unspecified atom stereocenters. The second kappa shape index (κ2) is 6.35. The first-order chi connectivity index (χ1) is 9.93. The third-order valence-corrected chi connectivity index (χ3v) is 4.26. The average molecular weight is 311 g/mol. The maximum absolute atomic E-state index is 12.4. The number of nitrogens with zero attached hydrogens (tertiary/aromatic N) is 1. The molecule has 1 heterocycles. The molecule has 0 aliphatic carbocycles.